The fourth-order valence-corrected chi connectivity index (χ4v) is 3.21. The lowest BCUT2D eigenvalue weighted by Gasteiger charge is -2.19. The number of nitrogens with zero attached hydrogens (tertiary/aromatic N) is 2. The summed E-state index contributed by atoms with van der Waals surface area (Å²) >= 11 is 0. The molecule has 2 bridgehead atoms. The molecule has 0 amide bonds. The van der Waals surface area contributed by atoms with Gasteiger partial charge in [0.2, 0.25) is 0 Å². The largest absolute Gasteiger partial charge is 0.493 e. The van der Waals surface area contributed by atoms with Crippen LogP contribution < -0.4 is 15.4 Å². The third-order valence-corrected chi connectivity index (χ3v) is 4.67. The van der Waals surface area contributed by atoms with Crippen molar-refractivity contribution in [3.8, 4) is 5.75 Å². The second kappa shape index (κ2) is 6.98. The van der Waals surface area contributed by atoms with Crippen molar-refractivity contribution in [2.75, 3.05) is 17.2 Å². The summed E-state index contributed by atoms with van der Waals surface area (Å²) in [5.74, 6) is 0.389. The summed E-state index contributed by atoms with van der Waals surface area (Å²) in [6.45, 7) is 4.27. The molecule has 2 aromatic heterocycles. The molecule has 0 radical (unpaired) electrons. The minimum atomic E-state index is -0.451. The summed E-state index contributed by atoms with van der Waals surface area (Å²) in [4.78, 5) is 8.67. The number of hydrogen-bond donors (Lipinski definition) is 2. The Labute approximate surface area is 155 Å². The predicted molar refractivity (Wildman–Crippen MR) is 101 cm³/mol. The van der Waals surface area contributed by atoms with Crippen molar-refractivity contribution in [2.24, 2.45) is 0 Å². The van der Waals surface area contributed by atoms with Crippen LogP contribution in [-0.4, -0.2) is 22.6 Å². The molecular formula is C20H20F2N4O. The maximum Gasteiger partial charge on any atom is 0.166 e. The Morgan fingerprint density at radius 2 is 1.96 bits per heavy atom. The number of benzene rings is 1. The van der Waals surface area contributed by atoms with Crippen molar-refractivity contribution in [2.45, 2.75) is 32.4 Å². The van der Waals surface area contributed by atoms with Crippen LogP contribution in [0.2, 0.25) is 0 Å². The monoisotopic (exact) mass is 370 g/mol. The quantitative estimate of drug-likeness (QED) is 0.603. The van der Waals surface area contributed by atoms with Gasteiger partial charge in [-0.25, -0.2) is 13.8 Å². The molecule has 0 fully saturated rings. The lowest BCUT2D eigenvalue weighted by Crippen LogP contribution is -2.20. The molecular weight excluding hydrogens is 350 g/mol. The van der Waals surface area contributed by atoms with Crippen molar-refractivity contribution >= 4 is 22.5 Å². The number of rotatable bonds is 0. The van der Waals surface area contributed by atoms with Crippen LogP contribution in [0.4, 0.5) is 20.3 Å². The lowest BCUT2D eigenvalue weighted by atomic mass is 10.1. The summed E-state index contributed by atoms with van der Waals surface area (Å²) in [5, 5.41) is 6.43. The highest BCUT2D eigenvalue weighted by Crippen LogP contribution is 2.31. The molecule has 2 atom stereocenters. The van der Waals surface area contributed by atoms with E-state index in [9.17, 15) is 8.78 Å². The Bertz CT molecular complexity index is 995. The highest BCUT2D eigenvalue weighted by atomic mass is 19.1. The van der Waals surface area contributed by atoms with Gasteiger partial charge >= 0.3 is 0 Å². The molecule has 3 aromatic rings. The van der Waals surface area contributed by atoms with Crippen molar-refractivity contribution in [3.05, 3.63) is 53.7 Å². The first-order valence-electron chi connectivity index (χ1n) is 8.92. The maximum absolute atomic E-state index is 14.4. The van der Waals surface area contributed by atoms with E-state index < -0.39 is 5.82 Å². The van der Waals surface area contributed by atoms with E-state index in [0.717, 1.165) is 0 Å². The van der Waals surface area contributed by atoms with E-state index in [4.69, 9.17) is 4.74 Å². The molecule has 1 aliphatic heterocycles. The minimum Gasteiger partial charge on any atom is -0.493 e. The SMILES string of the molecule is C[C@H]1CCOc2ccc(F)cc2[C@@H](C)Nc2ccc3ncc(F)c(c3n2)N1. The number of halogens is 2. The number of nitrogens with one attached hydrogen (secondary N) is 2. The van der Waals surface area contributed by atoms with E-state index in [2.05, 4.69) is 20.6 Å². The predicted octanol–water partition coefficient (Wildman–Crippen LogP) is 4.66. The fraction of sp³-hybridized carbons (Fsp3) is 0.300. The molecule has 0 aliphatic carbocycles. The number of ether oxygens (including phenoxy) is 1. The Morgan fingerprint density at radius 3 is 2.81 bits per heavy atom. The first-order valence-corrected chi connectivity index (χ1v) is 8.92. The molecule has 0 saturated carbocycles. The number of pyridine rings is 2. The number of aromatic nitrogens is 2. The molecule has 5 nitrogen and oxygen atoms in total. The molecule has 2 N–H and O–H groups in total. The molecule has 27 heavy (non-hydrogen) atoms. The molecule has 0 unspecified atom stereocenters. The fourth-order valence-electron chi connectivity index (χ4n) is 3.21. The van der Waals surface area contributed by atoms with Gasteiger partial charge in [-0.05, 0) is 44.2 Å². The molecule has 0 saturated heterocycles. The summed E-state index contributed by atoms with van der Waals surface area (Å²) in [5.41, 5.74) is 2.08. The van der Waals surface area contributed by atoms with E-state index in [0.29, 0.717) is 46.9 Å². The first kappa shape index (κ1) is 17.5. The smallest absolute Gasteiger partial charge is 0.166 e. The summed E-state index contributed by atoms with van der Waals surface area (Å²) in [7, 11) is 0. The van der Waals surface area contributed by atoms with Crippen LogP contribution in [0.3, 0.4) is 0 Å². The normalized spacial score (nSPS) is 19.7. The van der Waals surface area contributed by atoms with Crippen molar-refractivity contribution in [1.29, 1.82) is 0 Å². The summed E-state index contributed by atoms with van der Waals surface area (Å²) in [6, 6.07) is 7.73. The average Bonchev–Trinajstić information content (AvgIpc) is 2.65. The topological polar surface area (TPSA) is 59.1 Å². The van der Waals surface area contributed by atoms with E-state index >= 15 is 0 Å². The van der Waals surface area contributed by atoms with Gasteiger partial charge in [-0.1, -0.05) is 0 Å². The van der Waals surface area contributed by atoms with Crippen LogP contribution in [0, 0.1) is 11.6 Å². The second-order valence-corrected chi connectivity index (χ2v) is 6.78. The standard InChI is InChI=1S/C20H20F2N4O/c1-11-7-8-27-17-5-3-13(21)9-14(17)12(2)25-18-6-4-16-20(26-18)19(24-11)15(22)10-23-16/h3-6,9-12,24H,7-8H2,1-2H3,(H,25,26)/t11-,12+/m0/s1. The molecule has 3 heterocycles. The van der Waals surface area contributed by atoms with Gasteiger partial charge in [0.05, 0.1) is 24.4 Å². The van der Waals surface area contributed by atoms with Crippen molar-refractivity contribution < 1.29 is 13.5 Å². The van der Waals surface area contributed by atoms with E-state index in [1.165, 1.54) is 18.3 Å². The molecule has 1 aliphatic rings. The Hall–Kier alpha value is -2.96. The van der Waals surface area contributed by atoms with E-state index in [-0.39, 0.29) is 17.9 Å². The summed E-state index contributed by atoms with van der Waals surface area (Å²) in [6.07, 6.45) is 1.84. The van der Waals surface area contributed by atoms with Crippen LogP contribution in [0.5, 0.6) is 5.75 Å². The zero-order chi connectivity index (χ0) is 19.0. The number of hydrogen-bond acceptors (Lipinski definition) is 5. The van der Waals surface area contributed by atoms with E-state index in [1.54, 1.807) is 18.2 Å². The van der Waals surface area contributed by atoms with Crippen molar-refractivity contribution in [3.63, 3.8) is 0 Å². The molecule has 140 valence electrons. The zero-order valence-corrected chi connectivity index (χ0v) is 15.1. The molecule has 1 aromatic carbocycles. The Balaban J connectivity index is 1.83. The number of anilines is 2. The number of fused-ring (bicyclic) bond motifs is 2. The van der Waals surface area contributed by atoms with Crippen molar-refractivity contribution in [1.82, 2.24) is 9.97 Å². The average molecular weight is 370 g/mol. The maximum atomic E-state index is 14.4. The van der Waals surface area contributed by atoms with Crippen LogP contribution in [0.1, 0.15) is 31.9 Å². The lowest BCUT2D eigenvalue weighted by molar-refractivity contribution is 0.300. The van der Waals surface area contributed by atoms with Gasteiger partial charge in [0.25, 0.3) is 0 Å². The van der Waals surface area contributed by atoms with Gasteiger partial charge in [0.1, 0.15) is 28.6 Å². The third kappa shape index (κ3) is 3.49. The molecule has 0 spiro atoms. The molecule has 4 rings (SSSR count). The van der Waals surface area contributed by atoms with Gasteiger partial charge in [-0.2, -0.15) is 0 Å². The van der Waals surface area contributed by atoms with Crippen LogP contribution in [0.15, 0.2) is 36.5 Å². The first-order chi connectivity index (χ1) is 13.0. The highest BCUT2D eigenvalue weighted by molar-refractivity contribution is 5.88. The highest BCUT2D eigenvalue weighted by Gasteiger charge is 2.18. The van der Waals surface area contributed by atoms with Crippen LogP contribution in [0.25, 0.3) is 11.0 Å². The minimum absolute atomic E-state index is 0.0504. The zero-order valence-electron chi connectivity index (χ0n) is 15.1. The Morgan fingerprint density at radius 1 is 1.11 bits per heavy atom. The second-order valence-electron chi connectivity index (χ2n) is 6.78. The van der Waals surface area contributed by atoms with Gasteiger partial charge in [0.15, 0.2) is 5.82 Å². The van der Waals surface area contributed by atoms with Gasteiger partial charge < -0.3 is 15.4 Å². The van der Waals surface area contributed by atoms with Crippen LogP contribution >= 0.6 is 0 Å². The van der Waals surface area contributed by atoms with Crippen LogP contribution in [-0.2, 0) is 0 Å². The summed E-state index contributed by atoms with van der Waals surface area (Å²) < 4.78 is 34.1. The van der Waals surface area contributed by atoms with E-state index in [1.807, 2.05) is 13.8 Å². The Kier molecular flexibility index (Phi) is 4.51. The molecule has 7 heteroatoms. The van der Waals surface area contributed by atoms with Gasteiger partial charge in [-0.3, -0.25) is 4.98 Å². The van der Waals surface area contributed by atoms with Gasteiger partial charge in [0, 0.05) is 18.0 Å². The third-order valence-electron chi connectivity index (χ3n) is 4.67. The van der Waals surface area contributed by atoms with Gasteiger partial charge in [-0.15, -0.1) is 0 Å².